The van der Waals surface area contributed by atoms with E-state index in [1.807, 2.05) is 73.7 Å². The van der Waals surface area contributed by atoms with Gasteiger partial charge in [0.05, 0.1) is 0 Å². The minimum Gasteiger partial charge on any atom is -0.488 e. The average Bonchev–Trinajstić information content (AvgIpc) is 2.83. The molecule has 0 saturated carbocycles. The number of rotatable bonds is 6. The maximum absolute atomic E-state index is 13.2. The van der Waals surface area contributed by atoms with Crippen LogP contribution in [0.5, 0.6) is 5.75 Å². The number of nitrogens with one attached hydrogen (secondary N) is 1. The van der Waals surface area contributed by atoms with Crippen molar-refractivity contribution in [1.82, 2.24) is 0 Å². The molecule has 0 saturated heterocycles. The first-order valence-electron chi connectivity index (χ1n) is 10.4. The number of anilines is 1. The lowest BCUT2D eigenvalue weighted by Crippen LogP contribution is -2.13. The van der Waals surface area contributed by atoms with E-state index in [9.17, 15) is 14.4 Å². The third-order valence-electron chi connectivity index (χ3n) is 5.16. The van der Waals surface area contributed by atoms with Crippen molar-refractivity contribution >= 4 is 28.4 Å². The molecule has 4 aromatic carbocycles. The van der Waals surface area contributed by atoms with E-state index >= 15 is 0 Å². The zero-order valence-corrected chi connectivity index (χ0v) is 18.0. The van der Waals surface area contributed by atoms with Gasteiger partial charge < -0.3 is 10.1 Å². The fourth-order valence-corrected chi connectivity index (χ4v) is 3.54. The molecule has 4 nitrogen and oxygen atoms in total. The third-order valence-corrected chi connectivity index (χ3v) is 5.16. The van der Waals surface area contributed by atoms with Crippen molar-refractivity contribution in [3.8, 4) is 11.8 Å². The number of nitriles is 1. The Labute approximate surface area is 191 Å². The maximum Gasteiger partial charge on any atom is 0.266 e. The lowest BCUT2D eigenvalue weighted by molar-refractivity contribution is -0.112. The summed E-state index contributed by atoms with van der Waals surface area (Å²) in [6, 6.07) is 26.9. The minimum atomic E-state index is -0.582. The molecule has 0 aliphatic carbocycles. The second-order valence-electron chi connectivity index (χ2n) is 7.61. The molecule has 1 amide bonds. The summed E-state index contributed by atoms with van der Waals surface area (Å²) in [5.41, 5.74) is 3.12. The molecule has 0 fully saturated rings. The van der Waals surface area contributed by atoms with Crippen LogP contribution in [-0.4, -0.2) is 5.91 Å². The van der Waals surface area contributed by atoms with Gasteiger partial charge >= 0.3 is 0 Å². The number of amides is 1. The molecule has 4 rings (SSSR count). The van der Waals surface area contributed by atoms with Crippen LogP contribution in [0, 0.1) is 24.1 Å². The van der Waals surface area contributed by atoms with E-state index in [1.54, 1.807) is 0 Å². The van der Waals surface area contributed by atoms with Crippen LogP contribution in [0.1, 0.15) is 16.7 Å². The standard InChI is InChI=1S/C28H21FN2O2/c1-19-5-4-6-20(15-19)18-33-27-14-9-21-7-2-3-8-25(21)26(27)16-22(17-30)28(32)31-24-12-10-23(29)11-13-24/h2-16H,18H2,1H3,(H,31,32)/b22-16+. The summed E-state index contributed by atoms with van der Waals surface area (Å²) in [5, 5.41) is 14.2. The molecule has 4 aromatic rings. The number of halogens is 1. The molecule has 1 N–H and O–H groups in total. The molecule has 0 atom stereocenters. The second-order valence-corrected chi connectivity index (χ2v) is 7.61. The van der Waals surface area contributed by atoms with E-state index in [0.717, 1.165) is 21.9 Å². The maximum atomic E-state index is 13.2. The number of ether oxygens (including phenoxy) is 1. The Morgan fingerprint density at radius 3 is 2.58 bits per heavy atom. The number of hydrogen-bond acceptors (Lipinski definition) is 3. The predicted octanol–water partition coefficient (Wildman–Crippen LogP) is 6.41. The molecule has 0 spiro atoms. The summed E-state index contributed by atoms with van der Waals surface area (Å²) < 4.78 is 19.3. The largest absolute Gasteiger partial charge is 0.488 e. The third kappa shape index (κ3) is 5.25. The summed E-state index contributed by atoms with van der Waals surface area (Å²) in [6.45, 7) is 2.37. The molecular weight excluding hydrogens is 415 g/mol. The van der Waals surface area contributed by atoms with E-state index in [0.29, 0.717) is 23.6 Å². The molecule has 0 aromatic heterocycles. The average molecular weight is 436 g/mol. The Bertz CT molecular complexity index is 1390. The number of aryl methyl sites for hydroxylation is 1. The Hall–Kier alpha value is -4.43. The van der Waals surface area contributed by atoms with Gasteiger partial charge in [-0.25, -0.2) is 4.39 Å². The van der Waals surface area contributed by atoms with Crippen LogP contribution in [-0.2, 0) is 11.4 Å². The van der Waals surface area contributed by atoms with Gasteiger partial charge in [0.2, 0.25) is 0 Å². The van der Waals surface area contributed by atoms with E-state index in [-0.39, 0.29) is 5.57 Å². The van der Waals surface area contributed by atoms with Gasteiger partial charge in [0.25, 0.3) is 5.91 Å². The van der Waals surface area contributed by atoms with Gasteiger partial charge in [-0.3, -0.25) is 4.79 Å². The van der Waals surface area contributed by atoms with Crippen LogP contribution in [0.3, 0.4) is 0 Å². The van der Waals surface area contributed by atoms with Crippen molar-refractivity contribution in [3.05, 3.63) is 113 Å². The number of carbonyl (C=O) groups excluding carboxylic acids is 1. The van der Waals surface area contributed by atoms with Gasteiger partial charge in [0.1, 0.15) is 29.8 Å². The van der Waals surface area contributed by atoms with Gasteiger partial charge in [0.15, 0.2) is 0 Å². The van der Waals surface area contributed by atoms with Gasteiger partial charge in [-0.05, 0) is 59.7 Å². The van der Waals surface area contributed by atoms with Crippen LogP contribution in [0.15, 0.2) is 90.5 Å². The number of benzene rings is 4. The summed E-state index contributed by atoms with van der Waals surface area (Å²) in [7, 11) is 0. The first-order chi connectivity index (χ1) is 16.0. The van der Waals surface area contributed by atoms with E-state index < -0.39 is 11.7 Å². The Morgan fingerprint density at radius 2 is 1.82 bits per heavy atom. The van der Waals surface area contributed by atoms with Crippen molar-refractivity contribution in [2.75, 3.05) is 5.32 Å². The lowest BCUT2D eigenvalue weighted by atomic mass is 10.0. The van der Waals surface area contributed by atoms with Crippen LogP contribution < -0.4 is 10.1 Å². The highest BCUT2D eigenvalue weighted by atomic mass is 19.1. The number of nitrogens with zero attached hydrogens (tertiary/aromatic N) is 1. The molecular formula is C28H21FN2O2. The number of fused-ring (bicyclic) bond motifs is 1. The summed E-state index contributed by atoms with van der Waals surface area (Å²) in [5.74, 6) is -0.422. The van der Waals surface area contributed by atoms with Gasteiger partial charge in [-0.1, -0.05) is 60.2 Å². The summed E-state index contributed by atoms with van der Waals surface area (Å²) in [6.07, 6.45) is 1.53. The molecule has 0 heterocycles. The highest BCUT2D eigenvalue weighted by Crippen LogP contribution is 2.31. The summed E-state index contributed by atoms with van der Waals surface area (Å²) >= 11 is 0. The van der Waals surface area contributed by atoms with E-state index in [1.165, 1.54) is 30.3 Å². The zero-order chi connectivity index (χ0) is 23.2. The number of carbonyl (C=O) groups is 1. The molecule has 0 aliphatic rings. The SMILES string of the molecule is Cc1cccc(COc2ccc3ccccc3c2/C=C(\C#N)C(=O)Nc2ccc(F)cc2)c1. The zero-order valence-electron chi connectivity index (χ0n) is 18.0. The normalized spacial score (nSPS) is 11.1. The van der Waals surface area contributed by atoms with Crippen molar-refractivity contribution in [2.45, 2.75) is 13.5 Å². The van der Waals surface area contributed by atoms with Crippen molar-refractivity contribution in [2.24, 2.45) is 0 Å². The predicted molar refractivity (Wildman–Crippen MR) is 128 cm³/mol. The van der Waals surface area contributed by atoms with Crippen molar-refractivity contribution in [3.63, 3.8) is 0 Å². The van der Waals surface area contributed by atoms with Crippen LogP contribution in [0.2, 0.25) is 0 Å². The minimum absolute atomic E-state index is 0.0870. The quantitative estimate of drug-likeness (QED) is 0.281. The lowest BCUT2D eigenvalue weighted by Gasteiger charge is -2.13. The topological polar surface area (TPSA) is 62.1 Å². The Morgan fingerprint density at radius 1 is 1.03 bits per heavy atom. The number of hydrogen-bond donors (Lipinski definition) is 1. The highest BCUT2D eigenvalue weighted by Gasteiger charge is 2.14. The van der Waals surface area contributed by atoms with Crippen molar-refractivity contribution in [1.29, 1.82) is 5.26 Å². The summed E-state index contributed by atoms with van der Waals surface area (Å²) in [4.78, 5) is 12.8. The highest BCUT2D eigenvalue weighted by molar-refractivity contribution is 6.11. The first kappa shape index (κ1) is 21.8. The molecule has 0 bridgehead atoms. The van der Waals surface area contributed by atoms with Gasteiger partial charge in [0, 0.05) is 11.3 Å². The molecule has 0 radical (unpaired) electrons. The molecule has 5 heteroatoms. The Kier molecular flexibility index (Phi) is 6.47. The first-order valence-corrected chi connectivity index (χ1v) is 10.4. The van der Waals surface area contributed by atoms with Crippen LogP contribution >= 0.6 is 0 Å². The van der Waals surface area contributed by atoms with Crippen LogP contribution in [0.25, 0.3) is 16.8 Å². The van der Waals surface area contributed by atoms with Crippen molar-refractivity contribution < 1.29 is 13.9 Å². The van der Waals surface area contributed by atoms with E-state index in [4.69, 9.17) is 4.74 Å². The smallest absolute Gasteiger partial charge is 0.266 e. The fraction of sp³-hybridized carbons (Fsp3) is 0.0714. The van der Waals surface area contributed by atoms with Gasteiger partial charge in [-0.15, -0.1) is 0 Å². The molecule has 33 heavy (non-hydrogen) atoms. The van der Waals surface area contributed by atoms with Crippen LogP contribution in [0.4, 0.5) is 10.1 Å². The van der Waals surface area contributed by atoms with Gasteiger partial charge in [-0.2, -0.15) is 5.26 Å². The fourth-order valence-electron chi connectivity index (χ4n) is 3.54. The molecule has 0 unspecified atom stereocenters. The monoisotopic (exact) mass is 436 g/mol. The molecule has 162 valence electrons. The Balaban J connectivity index is 1.69. The molecule has 0 aliphatic heterocycles. The second kappa shape index (κ2) is 9.80. The van der Waals surface area contributed by atoms with E-state index in [2.05, 4.69) is 5.32 Å².